The fraction of sp³-hybridized carbons (Fsp3) is 0.368. The van der Waals surface area contributed by atoms with E-state index in [9.17, 15) is 0 Å². The molecule has 2 rings (SSSR count). The van der Waals surface area contributed by atoms with Crippen LogP contribution in [0.15, 0.2) is 42.5 Å². The maximum atomic E-state index is 5.35. The first kappa shape index (κ1) is 15.6. The third-order valence-corrected chi connectivity index (χ3v) is 3.88. The van der Waals surface area contributed by atoms with Gasteiger partial charge >= 0.3 is 0 Å². The van der Waals surface area contributed by atoms with Crippen molar-refractivity contribution in [2.45, 2.75) is 33.2 Å². The summed E-state index contributed by atoms with van der Waals surface area (Å²) in [5.74, 6) is 0.913. The van der Waals surface area contributed by atoms with E-state index in [1.54, 1.807) is 7.11 Å². The van der Waals surface area contributed by atoms with E-state index in [-0.39, 0.29) is 0 Å². The van der Waals surface area contributed by atoms with E-state index in [1.165, 1.54) is 22.3 Å². The average molecular weight is 283 g/mol. The fourth-order valence-corrected chi connectivity index (χ4v) is 2.65. The van der Waals surface area contributed by atoms with Gasteiger partial charge in [0.2, 0.25) is 0 Å². The van der Waals surface area contributed by atoms with E-state index < -0.39 is 0 Å². The molecule has 0 heterocycles. The summed E-state index contributed by atoms with van der Waals surface area (Å²) in [5, 5.41) is 3.59. The summed E-state index contributed by atoms with van der Waals surface area (Å²) in [5.41, 5.74) is 5.35. The number of ether oxygens (including phenoxy) is 1. The number of benzene rings is 2. The minimum Gasteiger partial charge on any atom is -0.497 e. The van der Waals surface area contributed by atoms with Gasteiger partial charge < -0.3 is 10.1 Å². The second kappa shape index (κ2) is 7.28. The molecule has 2 nitrogen and oxygen atoms in total. The number of hydrogen-bond acceptors (Lipinski definition) is 2. The molecule has 0 bridgehead atoms. The SMILES string of the molecule is CCNC(Cc1cc(C)ccc1C)c1cccc(OC)c1. The second-order valence-corrected chi connectivity index (χ2v) is 5.52. The van der Waals surface area contributed by atoms with E-state index >= 15 is 0 Å². The highest BCUT2D eigenvalue weighted by Crippen LogP contribution is 2.24. The van der Waals surface area contributed by atoms with Gasteiger partial charge in [-0.15, -0.1) is 0 Å². The Kier molecular flexibility index (Phi) is 5.40. The molecule has 2 aromatic carbocycles. The van der Waals surface area contributed by atoms with Gasteiger partial charge in [-0.3, -0.25) is 0 Å². The fourth-order valence-electron chi connectivity index (χ4n) is 2.65. The molecule has 0 saturated carbocycles. The largest absolute Gasteiger partial charge is 0.497 e. The average Bonchev–Trinajstić information content (AvgIpc) is 2.50. The summed E-state index contributed by atoms with van der Waals surface area (Å²) in [7, 11) is 1.71. The van der Waals surface area contributed by atoms with Gasteiger partial charge in [0.1, 0.15) is 5.75 Å². The van der Waals surface area contributed by atoms with Crippen LogP contribution in [-0.4, -0.2) is 13.7 Å². The topological polar surface area (TPSA) is 21.3 Å². The van der Waals surface area contributed by atoms with Crippen molar-refractivity contribution >= 4 is 0 Å². The minimum atomic E-state index is 0.311. The maximum absolute atomic E-state index is 5.35. The first-order valence-corrected chi connectivity index (χ1v) is 7.57. The quantitative estimate of drug-likeness (QED) is 0.857. The van der Waals surface area contributed by atoms with Crippen molar-refractivity contribution in [2.75, 3.05) is 13.7 Å². The van der Waals surface area contributed by atoms with Gasteiger partial charge in [-0.05, 0) is 55.6 Å². The molecule has 0 aliphatic carbocycles. The first-order chi connectivity index (χ1) is 10.1. The van der Waals surface area contributed by atoms with Crippen molar-refractivity contribution in [1.82, 2.24) is 5.32 Å². The smallest absolute Gasteiger partial charge is 0.119 e. The molecule has 0 spiro atoms. The lowest BCUT2D eigenvalue weighted by Crippen LogP contribution is -2.23. The normalized spacial score (nSPS) is 12.2. The molecule has 1 atom stereocenters. The number of hydrogen-bond donors (Lipinski definition) is 1. The Balaban J connectivity index is 2.28. The highest BCUT2D eigenvalue weighted by Gasteiger charge is 2.13. The van der Waals surface area contributed by atoms with Gasteiger partial charge in [0.25, 0.3) is 0 Å². The van der Waals surface area contributed by atoms with E-state index in [2.05, 4.69) is 62.5 Å². The van der Waals surface area contributed by atoms with Crippen LogP contribution in [0, 0.1) is 13.8 Å². The zero-order valence-corrected chi connectivity index (χ0v) is 13.4. The number of likely N-dealkylation sites (N-methyl/N-ethyl adjacent to an activating group) is 1. The summed E-state index contributed by atoms with van der Waals surface area (Å²) in [6.45, 7) is 7.43. The van der Waals surface area contributed by atoms with Crippen LogP contribution in [-0.2, 0) is 6.42 Å². The summed E-state index contributed by atoms with van der Waals surface area (Å²) in [6, 6.07) is 15.3. The van der Waals surface area contributed by atoms with Gasteiger partial charge in [0.15, 0.2) is 0 Å². The van der Waals surface area contributed by atoms with E-state index in [0.717, 1.165) is 18.7 Å². The molecule has 0 amide bonds. The van der Waals surface area contributed by atoms with Gasteiger partial charge in [-0.2, -0.15) is 0 Å². The Morgan fingerprint density at radius 2 is 1.90 bits per heavy atom. The zero-order chi connectivity index (χ0) is 15.2. The monoisotopic (exact) mass is 283 g/mol. The highest BCUT2D eigenvalue weighted by atomic mass is 16.5. The molecule has 0 fully saturated rings. The van der Waals surface area contributed by atoms with E-state index in [0.29, 0.717) is 6.04 Å². The Labute approximate surface area is 128 Å². The Hall–Kier alpha value is -1.80. The van der Waals surface area contributed by atoms with Crippen molar-refractivity contribution in [3.05, 3.63) is 64.7 Å². The van der Waals surface area contributed by atoms with Crippen molar-refractivity contribution < 1.29 is 4.74 Å². The lowest BCUT2D eigenvalue weighted by molar-refractivity contribution is 0.413. The van der Waals surface area contributed by atoms with Crippen LogP contribution in [0.25, 0.3) is 0 Å². The minimum absolute atomic E-state index is 0.311. The number of rotatable bonds is 6. The summed E-state index contributed by atoms with van der Waals surface area (Å²) >= 11 is 0. The molecule has 0 aromatic heterocycles. The molecule has 0 aliphatic heterocycles. The summed E-state index contributed by atoms with van der Waals surface area (Å²) in [6.07, 6.45) is 0.995. The van der Waals surface area contributed by atoms with Gasteiger partial charge in [-0.25, -0.2) is 0 Å². The Morgan fingerprint density at radius 1 is 1.10 bits per heavy atom. The van der Waals surface area contributed by atoms with Gasteiger partial charge in [-0.1, -0.05) is 42.8 Å². The first-order valence-electron chi connectivity index (χ1n) is 7.57. The lowest BCUT2D eigenvalue weighted by Gasteiger charge is -2.20. The molecular weight excluding hydrogens is 258 g/mol. The molecule has 0 saturated heterocycles. The molecule has 2 heteroatoms. The van der Waals surface area contributed by atoms with E-state index in [4.69, 9.17) is 4.74 Å². The van der Waals surface area contributed by atoms with Crippen molar-refractivity contribution in [3.63, 3.8) is 0 Å². The van der Waals surface area contributed by atoms with Crippen LogP contribution in [0.2, 0.25) is 0 Å². The van der Waals surface area contributed by atoms with Gasteiger partial charge in [0.05, 0.1) is 7.11 Å². The predicted molar refractivity (Wildman–Crippen MR) is 89.0 cm³/mol. The Morgan fingerprint density at radius 3 is 2.62 bits per heavy atom. The van der Waals surface area contributed by atoms with Crippen molar-refractivity contribution in [3.8, 4) is 5.75 Å². The predicted octanol–water partition coefficient (Wildman–Crippen LogP) is 4.21. The van der Waals surface area contributed by atoms with Crippen molar-refractivity contribution in [2.24, 2.45) is 0 Å². The highest BCUT2D eigenvalue weighted by molar-refractivity contribution is 5.35. The van der Waals surface area contributed by atoms with Crippen LogP contribution < -0.4 is 10.1 Å². The van der Waals surface area contributed by atoms with Crippen LogP contribution in [0.4, 0.5) is 0 Å². The number of methoxy groups -OCH3 is 1. The molecule has 1 unspecified atom stereocenters. The van der Waals surface area contributed by atoms with Crippen molar-refractivity contribution in [1.29, 1.82) is 0 Å². The van der Waals surface area contributed by atoms with Crippen LogP contribution in [0.3, 0.4) is 0 Å². The zero-order valence-electron chi connectivity index (χ0n) is 13.4. The summed E-state index contributed by atoms with van der Waals surface area (Å²) < 4.78 is 5.35. The second-order valence-electron chi connectivity index (χ2n) is 5.52. The Bertz CT molecular complexity index is 592. The molecule has 2 aromatic rings. The van der Waals surface area contributed by atoms with Crippen LogP contribution in [0.5, 0.6) is 5.75 Å². The van der Waals surface area contributed by atoms with Gasteiger partial charge in [0, 0.05) is 6.04 Å². The molecule has 21 heavy (non-hydrogen) atoms. The molecule has 1 N–H and O–H groups in total. The lowest BCUT2D eigenvalue weighted by atomic mass is 9.94. The van der Waals surface area contributed by atoms with Crippen LogP contribution in [0.1, 0.15) is 35.2 Å². The third-order valence-electron chi connectivity index (χ3n) is 3.88. The van der Waals surface area contributed by atoms with E-state index in [1.807, 2.05) is 6.07 Å². The standard InChI is InChI=1S/C19H25NO/c1-5-20-19(16-7-6-8-18(12-16)21-4)13-17-11-14(2)9-10-15(17)3/h6-12,19-20H,5,13H2,1-4H3. The summed E-state index contributed by atoms with van der Waals surface area (Å²) in [4.78, 5) is 0. The number of aryl methyl sites for hydroxylation is 2. The number of nitrogens with one attached hydrogen (secondary N) is 1. The third kappa shape index (κ3) is 4.08. The molecule has 112 valence electrons. The molecule has 0 aliphatic rings. The molecule has 0 radical (unpaired) electrons. The molecular formula is C19H25NO. The van der Waals surface area contributed by atoms with Crippen LogP contribution >= 0.6 is 0 Å². The maximum Gasteiger partial charge on any atom is 0.119 e.